The summed E-state index contributed by atoms with van der Waals surface area (Å²) in [5.74, 6) is 0. The van der Waals surface area contributed by atoms with Gasteiger partial charge >= 0.3 is 0 Å². The monoisotopic (exact) mass is 252 g/mol. The summed E-state index contributed by atoms with van der Waals surface area (Å²) < 4.78 is 0. The van der Waals surface area contributed by atoms with E-state index in [-0.39, 0.29) is 12.1 Å². The predicted octanol–water partition coefficient (Wildman–Crippen LogP) is 4.05. The molecule has 0 saturated heterocycles. The topological polar surface area (TPSA) is 24.9 Å². The third-order valence-electron chi connectivity index (χ3n) is 3.20. The molecule has 2 heteroatoms. The van der Waals surface area contributed by atoms with Crippen molar-refractivity contribution in [1.82, 2.24) is 10.3 Å². The van der Waals surface area contributed by atoms with Gasteiger partial charge in [-0.25, -0.2) is 0 Å². The Kier molecular flexibility index (Phi) is 4.87. The van der Waals surface area contributed by atoms with Crippen molar-refractivity contribution in [1.29, 1.82) is 0 Å². The Morgan fingerprint density at radius 1 is 1.16 bits per heavy atom. The lowest BCUT2D eigenvalue weighted by molar-refractivity contribution is 0.461. The zero-order chi connectivity index (χ0) is 13.5. The van der Waals surface area contributed by atoms with Crippen LogP contribution in [0.15, 0.2) is 67.4 Å². The smallest absolute Gasteiger partial charge is 0.0576 e. The summed E-state index contributed by atoms with van der Waals surface area (Å²) in [6.45, 7) is 6.01. The van der Waals surface area contributed by atoms with Crippen LogP contribution < -0.4 is 5.32 Å². The standard InChI is InChI=1S/C17H20N2/c1-3-9-17(16-12-7-8-13-18-16)19-14(2)15-10-5-4-6-11-15/h3-8,10-14,17,19H,1,9H2,2H3/t14-,17-/m0/s1. The first kappa shape index (κ1) is 13.5. The van der Waals surface area contributed by atoms with Gasteiger partial charge in [-0.05, 0) is 31.0 Å². The van der Waals surface area contributed by atoms with E-state index in [4.69, 9.17) is 0 Å². The molecule has 2 nitrogen and oxygen atoms in total. The molecule has 0 radical (unpaired) electrons. The third kappa shape index (κ3) is 3.76. The maximum atomic E-state index is 4.43. The van der Waals surface area contributed by atoms with Gasteiger partial charge < -0.3 is 5.32 Å². The first-order valence-electron chi connectivity index (χ1n) is 6.64. The number of rotatable bonds is 6. The Labute approximate surface area is 115 Å². The number of benzene rings is 1. The molecule has 19 heavy (non-hydrogen) atoms. The van der Waals surface area contributed by atoms with Gasteiger partial charge in [-0.2, -0.15) is 0 Å². The molecule has 0 saturated carbocycles. The molecule has 2 atom stereocenters. The molecule has 1 heterocycles. The van der Waals surface area contributed by atoms with E-state index in [1.165, 1.54) is 5.56 Å². The van der Waals surface area contributed by atoms with Crippen molar-refractivity contribution in [3.05, 3.63) is 78.6 Å². The van der Waals surface area contributed by atoms with E-state index < -0.39 is 0 Å². The summed E-state index contributed by atoms with van der Waals surface area (Å²) in [6, 6.07) is 17.0. The van der Waals surface area contributed by atoms with Crippen LogP contribution in [0.25, 0.3) is 0 Å². The number of nitrogens with one attached hydrogen (secondary N) is 1. The number of hydrogen-bond donors (Lipinski definition) is 1. The highest BCUT2D eigenvalue weighted by Crippen LogP contribution is 2.20. The minimum atomic E-state index is 0.203. The number of nitrogens with zero attached hydrogens (tertiary/aromatic N) is 1. The second-order valence-corrected chi connectivity index (χ2v) is 4.63. The van der Waals surface area contributed by atoms with Gasteiger partial charge in [-0.15, -0.1) is 6.58 Å². The van der Waals surface area contributed by atoms with E-state index in [0.29, 0.717) is 0 Å². The largest absolute Gasteiger partial charge is 0.302 e. The predicted molar refractivity (Wildman–Crippen MR) is 79.8 cm³/mol. The Morgan fingerprint density at radius 3 is 2.53 bits per heavy atom. The maximum absolute atomic E-state index is 4.43. The van der Waals surface area contributed by atoms with E-state index in [0.717, 1.165) is 12.1 Å². The van der Waals surface area contributed by atoms with E-state index in [2.05, 4.69) is 54.1 Å². The van der Waals surface area contributed by atoms with Crippen molar-refractivity contribution in [3.63, 3.8) is 0 Å². The molecule has 0 fully saturated rings. The fourth-order valence-electron chi connectivity index (χ4n) is 2.16. The molecule has 0 amide bonds. The zero-order valence-electron chi connectivity index (χ0n) is 11.3. The summed E-state index contributed by atoms with van der Waals surface area (Å²) in [6.07, 6.45) is 4.64. The van der Waals surface area contributed by atoms with Crippen LogP contribution in [-0.4, -0.2) is 4.98 Å². The Morgan fingerprint density at radius 2 is 1.89 bits per heavy atom. The highest BCUT2D eigenvalue weighted by atomic mass is 15.0. The third-order valence-corrected chi connectivity index (χ3v) is 3.20. The van der Waals surface area contributed by atoms with Gasteiger partial charge in [0.2, 0.25) is 0 Å². The molecular weight excluding hydrogens is 232 g/mol. The minimum Gasteiger partial charge on any atom is -0.302 e. The van der Waals surface area contributed by atoms with E-state index >= 15 is 0 Å². The molecule has 0 aliphatic heterocycles. The molecule has 0 spiro atoms. The van der Waals surface area contributed by atoms with E-state index in [1.54, 1.807) is 0 Å². The van der Waals surface area contributed by atoms with Crippen LogP contribution >= 0.6 is 0 Å². The minimum absolute atomic E-state index is 0.203. The number of pyridine rings is 1. The molecule has 0 bridgehead atoms. The van der Waals surface area contributed by atoms with Crippen molar-refractivity contribution < 1.29 is 0 Å². The summed E-state index contributed by atoms with van der Waals surface area (Å²) in [7, 11) is 0. The Balaban J connectivity index is 2.11. The lowest BCUT2D eigenvalue weighted by Crippen LogP contribution is -2.25. The quantitative estimate of drug-likeness (QED) is 0.784. The second kappa shape index (κ2) is 6.86. The lowest BCUT2D eigenvalue weighted by Gasteiger charge is -2.22. The van der Waals surface area contributed by atoms with Gasteiger partial charge in [0.25, 0.3) is 0 Å². The summed E-state index contributed by atoms with van der Waals surface area (Å²) in [4.78, 5) is 4.43. The van der Waals surface area contributed by atoms with Gasteiger partial charge in [0.15, 0.2) is 0 Å². The van der Waals surface area contributed by atoms with Crippen molar-refractivity contribution in [2.75, 3.05) is 0 Å². The Bertz CT molecular complexity index is 493. The van der Waals surface area contributed by atoms with Gasteiger partial charge in [0, 0.05) is 12.2 Å². The van der Waals surface area contributed by atoms with Crippen LogP contribution in [-0.2, 0) is 0 Å². The van der Waals surface area contributed by atoms with Gasteiger partial charge in [-0.3, -0.25) is 4.98 Å². The molecule has 1 aromatic heterocycles. The maximum Gasteiger partial charge on any atom is 0.0576 e. The van der Waals surface area contributed by atoms with Gasteiger partial charge in [0.05, 0.1) is 11.7 Å². The van der Waals surface area contributed by atoms with E-state index in [1.807, 2.05) is 30.5 Å². The van der Waals surface area contributed by atoms with Crippen LogP contribution in [0, 0.1) is 0 Å². The lowest BCUT2D eigenvalue weighted by atomic mass is 10.0. The van der Waals surface area contributed by atoms with Crippen LogP contribution in [0.3, 0.4) is 0 Å². The zero-order valence-corrected chi connectivity index (χ0v) is 11.3. The molecule has 0 aliphatic carbocycles. The molecule has 98 valence electrons. The molecule has 2 rings (SSSR count). The van der Waals surface area contributed by atoms with Crippen molar-refractivity contribution in [3.8, 4) is 0 Å². The van der Waals surface area contributed by atoms with Gasteiger partial charge in [0.1, 0.15) is 0 Å². The van der Waals surface area contributed by atoms with Crippen molar-refractivity contribution in [2.24, 2.45) is 0 Å². The van der Waals surface area contributed by atoms with Crippen LogP contribution in [0.4, 0.5) is 0 Å². The molecule has 1 aromatic carbocycles. The average Bonchev–Trinajstić information content (AvgIpc) is 2.48. The van der Waals surface area contributed by atoms with Gasteiger partial charge in [-0.1, -0.05) is 42.5 Å². The number of aromatic nitrogens is 1. The normalized spacial score (nSPS) is 13.7. The fraction of sp³-hybridized carbons (Fsp3) is 0.235. The molecule has 0 aliphatic rings. The van der Waals surface area contributed by atoms with Crippen molar-refractivity contribution in [2.45, 2.75) is 25.4 Å². The average molecular weight is 252 g/mol. The molecule has 2 aromatic rings. The van der Waals surface area contributed by atoms with Crippen LogP contribution in [0.5, 0.6) is 0 Å². The molecule has 1 N–H and O–H groups in total. The summed E-state index contributed by atoms with van der Waals surface area (Å²) >= 11 is 0. The number of hydrogen-bond acceptors (Lipinski definition) is 2. The summed E-state index contributed by atoms with van der Waals surface area (Å²) in [5, 5.41) is 3.62. The van der Waals surface area contributed by atoms with Crippen molar-refractivity contribution >= 4 is 0 Å². The van der Waals surface area contributed by atoms with Crippen LogP contribution in [0.1, 0.15) is 36.7 Å². The van der Waals surface area contributed by atoms with E-state index in [9.17, 15) is 0 Å². The summed E-state index contributed by atoms with van der Waals surface area (Å²) in [5.41, 5.74) is 2.35. The first-order chi connectivity index (χ1) is 9.31. The van der Waals surface area contributed by atoms with Crippen LogP contribution in [0.2, 0.25) is 0 Å². The molecular formula is C17H20N2. The Hall–Kier alpha value is -1.93. The fourth-order valence-corrected chi connectivity index (χ4v) is 2.16. The SMILES string of the molecule is C=CC[C@H](N[C@@H](C)c1ccccc1)c1ccccn1. The highest BCUT2D eigenvalue weighted by Gasteiger charge is 2.14. The second-order valence-electron chi connectivity index (χ2n) is 4.63. The highest BCUT2D eigenvalue weighted by molar-refractivity contribution is 5.19. The first-order valence-corrected chi connectivity index (χ1v) is 6.64. The molecule has 0 unspecified atom stereocenters.